The Morgan fingerprint density at radius 1 is 1.17 bits per heavy atom. The lowest BCUT2D eigenvalue weighted by atomic mass is 10.0. The first-order valence-electron chi connectivity index (χ1n) is 7.40. The van der Waals surface area contributed by atoms with Crippen LogP contribution in [-0.4, -0.2) is 36.1 Å². The largest absolute Gasteiger partial charge is 0.493 e. The van der Waals surface area contributed by atoms with Gasteiger partial charge in [0, 0.05) is 13.1 Å². The average Bonchev–Trinajstić information content (AvgIpc) is 2.90. The molecule has 1 heterocycles. The van der Waals surface area contributed by atoms with E-state index in [0.29, 0.717) is 24.6 Å². The Labute approximate surface area is 139 Å². The summed E-state index contributed by atoms with van der Waals surface area (Å²) in [4.78, 5) is 25.6. The normalized spacial score (nSPS) is 12.9. The van der Waals surface area contributed by atoms with Gasteiger partial charge in [-0.3, -0.25) is 4.79 Å². The summed E-state index contributed by atoms with van der Waals surface area (Å²) in [5, 5.41) is 9.27. The zero-order valence-corrected chi connectivity index (χ0v) is 13.4. The Morgan fingerprint density at radius 3 is 2.58 bits per heavy atom. The van der Waals surface area contributed by atoms with Crippen molar-refractivity contribution in [3.8, 4) is 11.5 Å². The number of ether oxygens (including phenoxy) is 2. The van der Waals surface area contributed by atoms with Crippen LogP contribution in [-0.2, 0) is 13.1 Å². The van der Waals surface area contributed by atoms with Gasteiger partial charge in [-0.2, -0.15) is 0 Å². The zero-order chi connectivity index (χ0) is 17.3. The highest BCUT2D eigenvalue weighted by molar-refractivity contribution is 6.07. The van der Waals surface area contributed by atoms with Crippen molar-refractivity contribution in [1.29, 1.82) is 0 Å². The summed E-state index contributed by atoms with van der Waals surface area (Å²) in [5.74, 6) is -0.151. The number of benzene rings is 2. The van der Waals surface area contributed by atoms with Crippen LogP contribution >= 0.6 is 0 Å². The molecule has 0 saturated heterocycles. The van der Waals surface area contributed by atoms with Gasteiger partial charge in [0.05, 0.1) is 25.3 Å². The summed E-state index contributed by atoms with van der Waals surface area (Å²) in [6.07, 6.45) is 0. The van der Waals surface area contributed by atoms with E-state index >= 15 is 0 Å². The minimum absolute atomic E-state index is 0.0484. The predicted molar refractivity (Wildman–Crippen MR) is 86.5 cm³/mol. The van der Waals surface area contributed by atoms with E-state index in [1.807, 2.05) is 12.1 Å². The second kappa shape index (κ2) is 6.23. The van der Waals surface area contributed by atoms with E-state index in [4.69, 9.17) is 9.47 Å². The Kier molecular flexibility index (Phi) is 4.12. The number of carbonyl (C=O) groups is 2. The standard InChI is InChI=1S/C18H17NO5/c1-23-14-7-6-11(8-15(14)24-2)9-19-10-12-4-3-5-13(18(21)22)16(12)17(19)20/h3-8H,9-10H2,1-2H3,(H,21,22). The lowest BCUT2D eigenvalue weighted by Gasteiger charge is -2.17. The van der Waals surface area contributed by atoms with Crippen molar-refractivity contribution in [2.45, 2.75) is 13.1 Å². The third kappa shape index (κ3) is 2.67. The molecule has 1 aliphatic heterocycles. The van der Waals surface area contributed by atoms with Gasteiger partial charge in [-0.25, -0.2) is 4.79 Å². The molecule has 1 aliphatic rings. The van der Waals surface area contributed by atoms with Gasteiger partial charge in [0.15, 0.2) is 11.5 Å². The molecular formula is C18H17NO5. The Morgan fingerprint density at radius 2 is 1.92 bits per heavy atom. The second-order valence-electron chi connectivity index (χ2n) is 5.50. The molecule has 0 aromatic heterocycles. The van der Waals surface area contributed by atoms with Crippen molar-refractivity contribution in [3.63, 3.8) is 0 Å². The quantitative estimate of drug-likeness (QED) is 0.913. The lowest BCUT2D eigenvalue weighted by molar-refractivity contribution is 0.0681. The number of methoxy groups -OCH3 is 2. The predicted octanol–water partition coefficient (Wildman–Crippen LogP) is 2.56. The SMILES string of the molecule is COc1ccc(CN2Cc3cccc(C(=O)O)c3C2=O)cc1OC. The fourth-order valence-corrected chi connectivity index (χ4v) is 2.93. The molecule has 0 bridgehead atoms. The Bertz CT molecular complexity index is 815. The van der Waals surface area contributed by atoms with Crippen molar-refractivity contribution < 1.29 is 24.2 Å². The van der Waals surface area contributed by atoms with Crippen molar-refractivity contribution in [1.82, 2.24) is 4.90 Å². The summed E-state index contributed by atoms with van der Waals surface area (Å²) < 4.78 is 10.5. The first kappa shape index (κ1) is 15.9. The van der Waals surface area contributed by atoms with E-state index in [-0.39, 0.29) is 17.0 Å². The molecule has 0 spiro atoms. The zero-order valence-electron chi connectivity index (χ0n) is 13.4. The number of hydrogen-bond acceptors (Lipinski definition) is 4. The van der Waals surface area contributed by atoms with Gasteiger partial charge in [-0.15, -0.1) is 0 Å². The average molecular weight is 327 g/mol. The van der Waals surface area contributed by atoms with Gasteiger partial charge in [0.1, 0.15) is 0 Å². The van der Waals surface area contributed by atoms with Crippen LogP contribution in [0, 0.1) is 0 Å². The van der Waals surface area contributed by atoms with E-state index in [1.54, 1.807) is 37.3 Å². The number of rotatable bonds is 5. The van der Waals surface area contributed by atoms with Gasteiger partial charge < -0.3 is 19.5 Å². The summed E-state index contributed by atoms with van der Waals surface area (Å²) in [6.45, 7) is 0.760. The van der Waals surface area contributed by atoms with E-state index in [0.717, 1.165) is 11.1 Å². The molecule has 0 radical (unpaired) electrons. The highest BCUT2D eigenvalue weighted by Gasteiger charge is 2.31. The van der Waals surface area contributed by atoms with Gasteiger partial charge in [0.25, 0.3) is 5.91 Å². The maximum absolute atomic E-state index is 12.6. The molecule has 0 fully saturated rings. The molecule has 0 atom stereocenters. The van der Waals surface area contributed by atoms with E-state index in [1.165, 1.54) is 6.07 Å². The van der Waals surface area contributed by atoms with Crippen LogP contribution in [0.3, 0.4) is 0 Å². The molecule has 2 aromatic rings. The van der Waals surface area contributed by atoms with E-state index < -0.39 is 5.97 Å². The fourth-order valence-electron chi connectivity index (χ4n) is 2.93. The number of nitrogens with zero attached hydrogens (tertiary/aromatic N) is 1. The van der Waals surface area contributed by atoms with Crippen LogP contribution in [0.25, 0.3) is 0 Å². The molecule has 6 heteroatoms. The summed E-state index contributed by atoms with van der Waals surface area (Å²) >= 11 is 0. The first-order chi connectivity index (χ1) is 11.5. The summed E-state index contributed by atoms with van der Waals surface area (Å²) in [5.41, 5.74) is 1.95. The molecule has 124 valence electrons. The molecular weight excluding hydrogens is 310 g/mol. The summed E-state index contributed by atoms with van der Waals surface area (Å²) in [6, 6.07) is 10.4. The van der Waals surface area contributed by atoms with Crippen molar-refractivity contribution >= 4 is 11.9 Å². The maximum atomic E-state index is 12.6. The highest BCUT2D eigenvalue weighted by atomic mass is 16.5. The number of carbonyl (C=O) groups excluding carboxylic acids is 1. The second-order valence-corrected chi connectivity index (χ2v) is 5.50. The number of fused-ring (bicyclic) bond motifs is 1. The first-order valence-corrected chi connectivity index (χ1v) is 7.40. The van der Waals surface area contributed by atoms with Gasteiger partial charge >= 0.3 is 5.97 Å². The number of amides is 1. The lowest BCUT2D eigenvalue weighted by Crippen LogP contribution is -2.24. The number of aromatic carboxylic acids is 1. The molecule has 0 unspecified atom stereocenters. The van der Waals surface area contributed by atoms with Gasteiger partial charge in [-0.1, -0.05) is 18.2 Å². The molecule has 3 rings (SSSR count). The van der Waals surface area contributed by atoms with Crippen LogP contribution in [0.1, 0.15) is 31.8 Å². The van der Waals surface area contributed by atoms with Crippen LogP contribution in [0.2, 0.25) is 0 Å². The molecule has 0 aliphatic carbocycles. The van der Waals surface area contributed by atoms with Crippen LogP contribution < -0.4 is 9.47 Å². The van der Waals surface area contributed by atoms with Crippen LogP contribution in [0.15, 0.2) is 36.4 Å². The monoisotopic (exact) mass is 327 g/mol. The minimum Gasteiger partial charge on any atom is -0.493 e. The maximum Gasteiger partial charge on any atom is 0.336 e. The van der Waals surface area contributed by atoms with E-state index in [9.17, 15) is 14.7 Å². The van der Waals surface area contributed by atoms with Gasteiger partial charge in [-0.05, 0) is 29.3 Å². The molecule has 1 N–H and O–H groups in total. The van der Waals surface area contributed by atoms with Crippen LogP contribution in [0.4, 0.5) is 0 Å². The number of hydrogen-bond donors (Lipinski definition) is 1. The third-order valence-corrected chi connectivity index (χ3v) is 4.06. The van der Waals surface area contributed by atoms with Gasteiger partial charge in [0.2, 0.25) is 0 Å². The van der Waals surface area contributed by atoms with Crippen molar-refractivity contribution in [2.24, 2.45) is 0 Å². The molecule has 24 heavy (non-hydrogen) atoms. The Balaban J connectivity index is 1.87. The van der Waals surface area contributed by atoms with Crippen molar-refractivity contribution in [2.75, 3.05) is 14.2 Å². The fraction of sp³-hybridized carbons (Fsp3) is 0.222. The topological polar surface area (TPSA) is 76.1 Å². The molecule has 0 saturated carbocycles. The number of carboxylic acids is 1. The number of carboxylic acid groups (broad SMARTS) is 1. The summed E-state index contributed by atoms with van der Waals surface area (Å²) in [7, 11) is 3.11. The Hall–Kier alpha value is -3.02. The molecule has 6 nitrogen and oxygen atoms in total. The third-order valence-electron chi connectivity index (χ3n) is 4.06. The smallest absolute Gasteiger partial charge is 0.336 e. The van der Waals surface area contributed by atoms with Crippen molar-refractivity contribution in [3.05, 3.63) is 58.7 Å². The highest BCUT2D eigenvalue weighted by Crippen LogP contribution is 2.31. The minimum atomic E-state index is -1.09. The van der Waals surface area contributed by atoms with E-state index in [2.05, 4.69) is 0 Å². The molecule has 1 amide bonds. The van der Waals surface area contributed by atoms with Crippen LogP contribution in [0.5, 0.6) is 11.5 Å². The molecule has 2 aromatic carbocycles.